The number of rotatable bonds is 5. The molecule has 25 heavy (non-hydrogen) atoms. The fourth-order valence-electron chi connectivity index (χ4n) is 2.23. The van der Waals surface area contributed by atoms with E-state index < -0.39 is 0 Å². The van der Waals surface area contributed by atoms with Crippen molar-refractivity contribution >= 4 is 17.9 Å². The zero-order chi connectivity index (χ0) is 18.3. The van der Waals surface area contributed by atoms with Gasteiger partial charge in [-0.2, -0.15) is 0 Å². The van der Waals surface area contributed by atoms with Gasteiger partial charge in [0.2, 0.25) is 6.41 Å². The van der Waals surface area contributed by atoms with Gasteiger partial charge in [-0.1, -0.05) is 32.3 Å². The normalized spacial score (nSPS) is 14.0. The summed E-state index contributed by atoms with van der Waals surface area (Å²) in [5, 5.41) is 6.17. The molecule has 0 atom stereocenters. The fraction of sp³-hybridized carbons (Fsp3) is 0.474. The molecule has 6 nitrogen and oxygen atoms in total. The number of carbonyl (C=O) groups excluding carboxylic acids is 1. The summed E-state index contributed by atoms with van der Waals surface area (Å²) in [7, 11) is 0. The van der Waals surface area contributed by atoms with Gasteiger partial charge in [-0.05, 0) is 43.0 Å². The van der Waals surface area contributed by atoms with E-state index in [9.17, 15) is 4.79 Å². The van der Waals surface area contributed by atoms with Crippen LogP contribution >= 0.6 is 0 Å². The van der Waals surface area contributed by atoms with Gasteiger partial charge < -0.3 is 20.3 Å². The molecule has 0 unspecified atom stereocenters. The smallest absolute Gasteiger partial charge is 0.211 e. The van der Waals surface area contributed by atoms with Gasteiger partial charge >= 0.3 is 0 Å². The van der Waals surface area contributed by atoms with Crippen LogP contribution in [0.2, 0.25) is 0 Å². The molecule has 1 aromatic carbocycles. The lowest BCUT2D eigenvalue weighted by atomic mass is 9.86. The molecule has 1 saturated carbocycles. The van der Waals surface area contributed by atoms with E-state index in [4.69, 9.17) is 15.0 Å². The van der Waals surface area contributed by atoms with Crippen molar-refractivity contribution in [2.24, 2.45) is 5.92 Å². The number of aromatic nitrogens is 1. The van der Waals surface area contributed by atoms with Gasteiger partial charge in [0.25, 0.3) is 0 Å². The van der Waals surface area contributed by atoms with E-state index in [0.29, 0.717) is 12.2 Å². The molecule has 2 aromatic rings. The number of hydrogen-bond donors (Lipinski definition) is 2. The molecular formula is C19H27N3O3. The van der Waals surface area contributed by atoms with Crippen LogP contribution in [0.25, 0.3) is 0 Å². The highest BCUT2D eigenvalue weighted by atomic mass is 16.5. The Hall–Kier alpha value is -2.50. The summed E-state index contributed by atoms with van der Waals surface area (Å²) in [6.07, 6.45) is 4.61. The van der Waals surface area contributed by atoms with E-state index >= 15 is 0 Å². The fourth-order valence-corrected chi connectivity index (χ4v) is 2.23. The van der Waals surface area contributed by atoms with Crippen molar-refractivity contribution in [3.05, 3.63) is 36.1 Å². The van der Waals surface area contributed by atoms with Crippen molar-refractivity contribution in [2.75, 3.05) is 17.7 Å². The van der Waals surface area contributed by atoms with Crippen LogP contribution in [0.15, 0.2) is 34.9 Å². The number of nitrogens with one attached hydrogen (secondary N) is 1. The first kappa shape index (κ1) is 18.8. The molecule has 1 aliphatic carbocycles. The highest BCUT2D eigenvalue weighted by molar-refractivity contribution is 5.71. The number of hydrogen-bond acceptors (Lipinski definition) is 5. The van der Waals surface area contributed by atoms with Gasteiger partial charge in [0, 0.05) is 17.2 Å². The summed E-state index contributed by atoms with van der Waals surface area (Å²) in [4.78, 5) is 10.2. The zero-order valence-electron chi connectivity index (χ0n) is 15.1. The van der Waals surface area contributed by atoms with Crippen LogP contribution in [0.1, 0.15) is 45.8 Å². The summed E-state index contributed by atoms with van der Waals surface area (Å²) in [6.45, 7) is 6.97. The monoisotopic (exact) mass is 345 g/mol. The van der Waals surface area contributed by atoms with Crippen LogP contribution in [-0.2, 0) is 10.2 Å². The lowest BCUT2D eigenvalue weighted by Crippen LogP contribution is -2.19. The summed E-state index contributed by atoms with van der Waals surface area (Å²) in [5.41, 5.74) is 6.17. The molecule has 1 fully saturated rings. The van der Waals surface area contributed by atoms with Crippen LogP contribution in [0.3, 0.4) is 0 Å². The largest absolute Gasteiger partial charge is 0.493 e. The van der Waals surface area contributed by atoms with Gasteiger partial charge in [0.05, 0.1) is 6.61 Å². The van der Waals surface area contributed by atoms with Crippen LogP contribution in [0, 0.1) is 5.92 Å². The third-order valence-corrected chi connectivity index (χ3v) is 4.06. The summed E-state index contributed by atoms with van der Waals surface area (Å²) < 4.78 is 10.6. The maximum Gasteiger partial charge on any atom is 0.211 e. The van der Waals surface area contributed by atoms with E-state index in [-0.39, 0.29) is 5.41 Å². The molecule has 0 bridgehead atoms. The number of nitrogens with zero attached hydrogens (tertiary/aromatic N) is 1. The highest BCUT2D eigenvalue weighted by Gasteiger charge is 2.18. The van der Waals surface area contributed by atoms with Gasteiger partial charge in [-0.15, -0.1) is 0 Å². The van der Waals surface area contributed by atoms with Gasteiger partial charge in [0.15, 0.2) is 5.82 Å². The summed E-state index contributed by atoms with van der Waals surface area (Å²) in [5.74, 6) is 2.89. The minimum absolute atomic E-state index is 0.00458. The predicted molar refractivity (Wildman–Crippen MR) is 98.6 cm³/mol. The molecule has 136 valence electrons. The Kier molecular flexibility index (Phi) is 6.44. The molecule has 1 aromatic heterocycles. The minimum Gasteiger partial charge on any atom is -0.493 e. The number of carbonyl (C=O) groups is 1. The molecule has 3 N–H and O–H groups in total. The topological polar surface area (TPSA) is 90.4 Å². The van der Waals surface area contributed by atoms with E-state index in [1.807, 2.05) is 45.0 Å². The van der Waals surface area contributed by atoms with Crippen LogP contribution in [0.4, 0.5) is 11.5 Å². The molecule has 0 spiro atoms. The summed E-state index contributed by atoms with van der Waals surface area (Å²) in [6, 6.07) is 9.18. The number of anilines is 2. The molecule has 1 aliphatic rings. The number of nitrogen functional groups attached to an aromatic ring is 1. The first-order valence-electron chi connectivity index (χ1n) is 8.54. The Balaban J connectivity index is 0.000000196. The Labute approximate surface area is 148 Å². The predicted octanol–water partition coefficient (Wildman–Crippen LogP) is 3.99. The third-order valence-electron chi connectivity index (χ3n) is 4.06. The lowest BCUT2D eigenvalue weighted by Gasteiger charge is -2.25. The maximum absolute atomic E-state index is 10.2. The molecule has 3 rings (SSSR count). The van der Waals surface area contributed by atoms with Crippen molar-refractivity contribution in [1.29, 1.82) is 0 Å². The number of amides is 1. The van der Waals surface area contributed by atoms with Gasteiger partial charge in [-0.3, -0.25) is 4.79 Å². The maximum atomic E-state index is 10.2. The molecule has 0 aliphatic heterocycles. The van der Waals surface area contributed by atoms with E-state index in [1.54, 1.807) is 6.07 Å². The number of ether oxygens (including phenoxy) is 1. The summed E-state index contributed by atoms with van der Waals surface area (Å²) >= 11 is 0. The Bertz CT molecular complexity index is 655. The molecular weight excluding hydrogens is 318 g/mol. The van der Waals surface area contributed by atoms with Crippen molar-refractivity contribution in [1.82, 2.24) is 5.16 Å². The second-order valence-corrected chi connectivity index (χ2v) is 7.26. The standard InChI is InChI=1S/C12H15NO2.C7H12N2O/c14-9-13-11-4-6-12(7-5-11)15-8-10-2-1-3-10;1-7(2,3)5-4-6(8)9-10-5/h4-7,9-10H,1-3,8H2,(H,13,14);4H,1-3H3,(H2,8,9). The molecule has 0 radical (unpaired) electrons. The molecule has 6 heteroatoms. The first-order valence-corrected chi connectivity index (χ1v) is 8.54. The second kappa shape index (κ2) is 8.55. The van der Waals surface area contributed by atoms with Gasteiger partial charge in [-0.25, -0.2) is 0 Å². The zero-order valence-corrected chi connectivity index (χ0v) is 15.1. The third kappa shape index (κ3) is 6.14. The van der Waals surface area contributed by atoms with Crippen molar-refractivity contribution in [3.8, 4) is 5.75 Å². The van der Waals surface area contributed by atoms with Crippen molar-refractivity contribution < 1.29 is 14.1 Å². The number of nitrogens with two attached hydrogens (primary N) is 1. The average molecular weight is 345 g/mol. The lowest BCUT2D eigenvalue weighted by molar-refractivity contribution is -0.105. The average Bonchev–Trinajstić information content (AvgIpc) is 2.95. The highest BCUT2D eigenvalue weighted by Crippen LogP contribution is 2.27. The second-order valence-electron chi connectivity index (χ2n) is 7.26. The number of benzene rings is 1. The molecule has 1 heterocycles. The Morgan fingerprint density at radius 2 is 2.00 bits per heavy atom. The minimum atomic E-state index is 0.00458. The molecule has 0 saturated heterocycles. The quantitative estimate of drug-likeness (QED) is 0.800. The van der Waals surface area contributed by atoms with E-state index in [0.717, 1.165) is 29.7 Å². The first-order chi connectivity index (χ1) is 11.9. The van der Waals surface area contributed by atoms with Crippen molar-refractivity contribution in [2.45, 2.75) is 45.4 Å². The van der Waals surface area contributed by atoms with E-state index in [1.165, 1.54) is 19.3 Å². The van der Waals surface area contributed by atoms with Crippen LogP contribution in [0.5, 0.6) is 5.75 Å². The van der Waals surface area contributed by atoms with Crippen molar-refractivity contribution in [3.63, 3.8) is 0 Å². The Morgan fingerprint density at radius 1 is 1.32 bits per heavy atom. The molecule has 1 amide bonds. The van der Waals surface area contributed by atoms with Crippen LogP contribution < -0.4 is 15.8 Å². The van der Waals surface area contributed by atoms with Gasteiger partial charge in [0.1, 0.15) is 11.5 Å². The van der Waals surface area contributed by atoms with Crippen LogP contribution in [-0.4, -0.2) is 18.2 Å². The Morgan fingerprint density at radius 3 is 2.40 bits per heavy atom. The SMILES string of the molecule is CC(C)(C)c1cc(N)no1.O=CNc1ccc(OCC2CCC2)cc1. The van der Waals surface area contributed by atoms with E-state index in [2.05, 4.69) is 10.5 Å².